The van der Waals surface area contributed by atoms with Crippen molar-refractivity contribution in [1.29, 1.82) is 0 Å². The van der Waals surface area contributed by atoms with Gasteiger partial charge in [-0.3, -0.25) is 0 Å². The van der Waals surface area contributed by atoms with Gasteiger partial charge in [0.2, 0.25) is 0 Å². The molecule has 110 valence electrons. The van der Waals surface area contributed by atoms with E-state index in [1.807, 2.05) is 18.2 Å². The molecule has 0 spiro atoms. The van der Waals surface area contributed by atoms with Crippen LogP contribution in [0, 0.1) is 5.92 Å². The van der Waals surface area contributed by atoms with Crippen molar-refractivity contribution in [1.82, 2.24) is 0 Å². The van der Waals surface area contributed by atoms with Crippen LogP contribution in [0.1, 0.15) is 51.0 Å². The lowest BCUT2D eigenvalue weighted by atomic mass is 9.83. The second kappa shape index (κ2) is 7.28. The Morgan fingerprint density at radius 2 is 2.05 bits per heavy atom. The van der Waals surface area contributed by atoms with Gasteiger partial charge < -0.3 is 11.1 Å². The third-order valence-electron chi connectivity index (χ3n) is 4.15. The first-order chi connectivity index (χ1) is 9.60. The van der Waals surface area contributed by atoms with Crippen LogP contribution in [0.4, 0.5) is 5.69 Å². The zero-order chi connectivity index (χ0) is 14.5. The molecule has 0 amide bonds. The molecule has 4 heteroatoms. The van der Waals surface area contributed by atoms with Crippen LogP contribution >= 0.6 is 23.8 Å². The molecule has 1 aromatic rings. The van der Waals surface area contributed by atoms with E-state index in [-0.39, 0.29) is 0 Å². The molecule has 2 nitrogen and oxygen atoms in total. The fourth-order valence-electron chi connectivity index (χ4n) is 3.04. The zero-order valence-corrected chi connectivity index (χ0v) is 13.6. The van der Waals surface area contributed by atoms with E-state index in [4.69, 9.17) is 29.6 Å². The molecule has 20 heavy (non-hydrogen) atoms. The molecule has 1 aliphatic rings. The molecule has 1 aromatic carbocycles. The van der Waals surface area contributed by atoms with E-state index >= 15 is 0 Å². The number of nitrogens with two attached hydrogens (primary N) is 1. The number of halogens is 1. The largest absolute Gasteiger partial charge is 0.389 e. The summed E-state index contributed by atoms with van der Waals surface area (Å²) in [6.45, 7) is 2.27. The highest BCUT2D eigenvalue weighted by atomic mass is 35.5. The third-order valence-corrected chi connectivity index (χ3v) is 4.68. The highest BCUT2D eigenvalue weighted by Gasteiger charge is 2.20. The molecule has 0 atom stereocenters. The monoisotopic (exact) mass is 310 g/mol. The summed E-state index contributed by atoms with van der Waals surface area (Å²) in [5, 5.41) is 4.21. The van der Waals surface area contributed by atoms with Gasteiger partial charge in [0, 0.05) is 17.3 Å². The minimum absolute atomic E-state index is 0.349. The van der Waals surface area contributed by atoms with Gasteiger partial charge in [-0.2, -0.15) is 0 Å². The Bertz CT molecular complexity index is 468. The van der Waals surface area contributed by atoms with Gasteiger partial charge in [-0.15, -0.1) is 0 Å². The molecular formula is C16H23ClN2S. The second-order valence-electron chi connectivity index (χ2n) is 5.71. The summed E-state index contributed by atoms with van der Waals surface area (Å²) in [6, 6.07) is 6.40. The lowest BCUT2D eigenvalue weighted by molar-refractivity contribution is 0.319. The molecule has 1 fully saturated rings. The molecule has 0 aliphatic heterocycles. The van der Waals surface area contributed by atoms with E-state index < -0.39 is 0 Å². The molecule has 0 heterocycles. The van der Waals surface area contributed by atoms with Gasteiger partial charge in [-0.1, -0.05) is 43.6 Å². The van der Waals surface area contributed by atoms with Crippen LogP contribution in [0.25, 0.3) is 0 Å². The highest BCUT2D eigenvalue weighted by molar-refractivity contribution is 7.80. The quantitative estimate of drug-likeness (QED) is 0.771. The van der Waals surface area contributed by atoms with Crippen LogP contribution in [0.5, 0.6) is 0 Å². The summed E-state index contributed by atoms with van der Waals surface area (Å²) in [4.78, 5) is 0.349. The van der Waals surface area contributed by atoms with E-state index in [0.717, 1.165) is 17.2 Å². The van der Waals surface area contributed by atoms with Crippen LogP contribution in [0.3, 0.4) is 0 Å². The number of anilines is 1. The van der Waals surface area contributed by atoms with Crippen molar-refractivity contribution in [2.45, 2.75) is 51.5 Å². The SMILES string of the molecule is CCCC1CCC(Nc2ccc(C(N)=S)c(Cl)c2)CC1. The summed E-state index contributed by atoms with van der Waals surface area (Å²) in [5.41, 5.74) is 7.43. The molecule has 0 unspecified atom stereocenters. The van der Waals surface area contributed by atoms with Crippen molar-refractivity contribution in [2.75, 3.05) is 5.32 Å². The minimum Gasteiger partial charge on any atom is -0.389 e. The molecule has 2 rings (SSSR count). The Labute approximate surface area is 132 Å². The van der Waals surface area contributed by atoms with Crippen LogP contribution in [0.2, 0.25) is 5.02 Å². The third kappa shape index (κ3) is 4.10. The molecular weight excluding hydrogens is 288 g/mol. The van der Waals surface area contributed by atoms with Gasteiger partial charge in [0.25, 0.3) is 0 Å². The summed E-state index contributed by atoms with van der Waals surface area (Å²) < 4.78 is 0. The summed E-state index contributed by atoms with van der Waals surface area (Å²) in [6.07, 6.45) is 7.85. The zero-order valence-electron chi connectivity index (χ0n) is 12.0. The van der Waals surface area contributed by atoms with Crippen molar-refractivity contribution in [3.63, 3.8) is 0 Å². The molecule has 1 aliphatic carbocycles. The Morgan fingerprint density at radius 3 is 2.60 bits per heavy atom. The van der Waals surface area contributed by atoms with E-state index in [1.54, 1.807) is 0 Å². The lowest BCUT2D eigenvalue weighted by Crippen LogP contribution is -2.26. The first kappa shape index (κ1) is 15.6. The second-order valence-corrected chi connectivity index (χ2v) is 6.56. The topological polar surface area (TPSA) is 38.0 Å². The maximum absolute atomic E-state index is 6.20. The Morgan fingerprint density at radius 1 is 1.35 bits per heavy atom. The van der Waals surface area contributed by atoms with E-state index in [0.29, 0.717) is 16.1 Å². The molecule has 1 saturated carbocycles. The van der Waals surface area contributed by atoms with Crippen molar-refractivity contribution < 1.29 is 0 Å². The van der Waals surface area contributed by atoms with E-state index in [1.165, 1.54) is 38.5 Å². The fraction of sp³-hybridized carbons (Fsp3) is 0.562. The Kier molecular flexibility index (Phi) is 5.67. The maximum atomic E-state index is 6.20. The van der Waals surface area contributed by atoms with Crippen LogP contribution in [0.15, 0.2) is 18.2 Å². The number of nitrogens with one attached hydrogen (secondary N) is 1. The molecule has 0 aromatic heterocycles. The first-order valence-corrected chi connectivity index (χ1v) is 8.24. The van der Waals surface area contributed by atoms with E-state index in [2.05, 4.69) is 12.2 Å². The van der Waals surface area contributed by atoms with E-state index in [9.17, 15) is 0 Å². The molecule has 0 bridgehead atoms. The number of benzene rings is 1. The Balaban J connectivity index is 1.91. The lowest BCUT2D eigenvalue weighted by Gasteiger charge is -2.29. The average Bonchev–Trinajstić information content (AvgIpc) is 2.41. The number of thiocarbonyl (C=S) groups is 1. The number of hydrogen-bond acceptors (Lipinski definition) is 2. The van der Waals surface area contributed by atoms with Crippen LogP contribution in [-0.4, -0.2) is 11.0 Å². The standard InChI is InChI=1S/C16H23ClN2S/c1-2-3-11-4-6-12(7-5-11)19-13-8-9-14(16(18)20)15(17)10-13/h8-12,19H,2-7H2,1H3,(H2,18,20). The summed E-state index contributed by atoms with van der Waals surface area (Å²) >= 11 is 11.2. The smallest absolute Gasteiger partial charge is 0.105 e. The van der Waals surface area contributed by atoms with Crippen LogP contribution < -0.4 is 11.1 Å². The number of hydrogen-bond donors (Lipinski definition) is 2. The van der Waals surface area contributed by atoms with Crippen molar-refractivity contribution in [3.05, 3.63) is 28.8 Å². The predicted molar refractivity (Wildman–Crippen MR) is 91.6 cm³/mol. The fourth-order valence-corrected chi connectivity index (χ4v) is 3.56. The van der Waals surface area contributed by atoms with Crippen molar-refractivity contribution in [2.24, 2.45) is 11.7 Å². The Hall–Kier alpha value is -0.800. The highest BCUT2D eigenvalue weighted by Crippen LogP contribution is 2.30. The molecule has 0 radical (unpaired) electrons. The van der Waals surface area contributed by atoms with Gasteiger partial charge in [0.15, 0.2) is 0 Å². The van der Waals surface area contributed by atoms with Gasteiger partial charge in [-0.25, -0.2) is 0 Å². The maximum Gasteiger partial charge on any atom is 0.105 e. The molecule has 3 N–H and O–H groups in total. The average molecular weight is 311 g/mol. The molecule has 0 saturated heterocycles. The first-order valence-electron chi connectivity index (χ1n) is 7.46. The van der Waals surface area contributed by atoms with Crippen molar-refractivity contribution >= 4 is 34.5 Å². The minimum atomic E-state index is 0.349. The van der Waals surface area contributed by atoms with Gasteiger partial charge >= 0.3 is 0 Å². The van der Waals surface area contributed by atoms with Gasteiger partial charge in [0.05, 0.1) is 5.02 Å². The summed E-state index contributed by atoms with van der Waals surface area (Å²) in [7, 11) is 0. The van der Waals surface area contributed by atoms with Gasteiger partial charge in [0.1, 0.15) is 4.99 Å². The van der Waals surface area contributed by atoms with Crippen LogP contribution in [-0.2, 0) is 0 Å². The summed E-state index contributed by atoms with van der Waals surface area (Å²) in [5.74, 6) is 0.929. The van der Waals surface area contributed by atoms with Crippen molar-refractivity contribution in [3.8, 4) is 0 Å². The predicted octanol–water partition coefficient (Wildman–Crippen LogP) is 4.75. The van der Waals surface area contributed by atoms with Gasteiger partial charge in [-0.05, 0) is 49.8 Å². The normalized spacial score (nSPS) is 22.5. The number of rotatable bonds is 5.